The van der Waals surface area contributed by atoms with E-state index in [1.54, 1.807) is 0 Å². The van der Waals surface area contributed by atoms with Gasteiger partial charge in [0.25, 0.3) is 0 Å². The molecule has 4 heteroatoms. The van der Waals surface area contributed by atoms with Crippen molar-refractivity contribution in [2.75, 3.05) is 13.1 Å². The van der Waals surface area contributed by atoms with Crippen molar-refractivity contribution in [3.63, 3.8) is 0 Å². The van der Waals surface area contributed by atoms with E-state index in [4.69, 9.17) is 0 Å². The van der Waals surface area contributed by atoms with Crippen LogP contribution < -0.4 is 5.32 Å². The minimum atomic E-state index is -0.280. The Morgan fingerprint density at radius 3 is 2.52 bits per heavy atom. The predicted molar refractivity (Wildman–Crippen MR) is 107 cm³/mol. The molecule has 0 spiro atoms. The fraction of sp³-hybridized carbons (Fsp3) is 0.435. The third kappa shape index (κ3) is 5.90. The largest absolute Gasteiger partial charge is 0.351 e. The van der Waals surface area contributed by atoms with Gasteiger partial charge in [-0.1, -0.05) is 42.5 Å². The van der Waals surface area contributed by atoms with E-state index in [-0.39, 0.29) is 23.2 Å². The monoisotopic (exact) mass is 368 g/mol. The summed E-state index contributed by atoms with van der Waals surface area (Å²) in [5, 5.41) is 3.25. The molecule has 3 nitrogen and oxygen atoms in total. The molecule has 1 heterocycles. The van der Waals surface area contributed by atoms with Gasteiger partial charge in [-0.15, -0.1) is 0 Å². The first-order chi connectivity index (χ1) is 12.9. The van der Waals surface area contributed by atoms with E-state index in [1.165, 1.54) is 17.7 Å². The molecule has 1 fully saturated rings. The minimum absolute atomic E-state index is 0.00856. The van der Waals surface area contributed by atoms with Gasteiger partial charge in [-0.2, -0.15) is 0 Å². The maximum atomic E-state index is 13.1. The lowest BCUT2D eigenvalue weighted by Crippen LogP contribution is -2.50. The van der Waals surface area contributed by atoms with Crippen LogP contribution in [0.3, 0.4) is 0 Å². The highest BCUT2D eigenvalue weighted by molar-refractivity contribution is 5.79. The van der Waals surface area contributed by atoms with Crippen molar-refractivity contribution >= 4 is 5.91 Å². The van der Waals surface area contributed by atoms with Crippen LogP contribution in [-0.2, 0) is 17.8 Å². The highest BCUT2D eigenvalue weighted by atomic mass is 19.1. The van der Waals surface area contributed by atoms with Crippen molar-refractivity contribution in [3.05, 3.63) is 71.5 Å². The zero-order chi connectivity index (χ0) is 19.3. The summed E-state index contributed by atoms with van der Waals surface area (Å²) < 4.78 is 13.1. The standard InChI is InChI=1S/C23H29FN2O/c1-23(2,15-18-7-4-3-5-8-18)25-22(27)20-9-6-14-26(17-20)16-19-10-12-21(24)13-11-19/h3-5,7-8,10-13,20H,6,9,14-17H2,1-2H3,(H,25,27)/t20-/m0/s1. The molecule has 2 aromatic rings. The smallest absolute Gasteiger partial charge is 0.224 e. The molecule has 0 radical (unpaired) electrons. The zero-order valence-corrected chi connectivity index (χ0v) is 16.2. The summed E-state index contributed by atoms with van der Waals surface area (Å²) in [4.78, 5) is 15.2. The molecule has 1 N–H and O–H groups in total. The van der Waals surface area contributed by atoms with Crippen LogP contribution in [0.5, 0.6) is 0 Å². The van der Waals surface area contributed by atoms with Crippen molar-refractivity contribution < 1.29 is 9.18 Å². The second-order valence-electron chi connectivity index (χ2n) is 8.24. The Balaban J connectivity index is 1.55. The number of halogens is 1. The molecule has 1 aliphatic heterocycles. The number of benzene rings is 2. The number of amides is 1. The first-order valence-electron chi connectivity index (χ1n) is 9.74. The van der Waals surface area contributed by atoms with Gasteiger partial charge in [-0.3, -0.25) is 9.69 Å². The molecule has 1 aliphatic rings. The molecule has 3 rings (SSSR count). The molecule has 2 aromatic carbocycles. The third-order valence-electron chi connectivity index (χ3n) is 5.15. The summed E-state index contributed by atoms with van der Waals surface area (Å²) in [6.07, 6.45) is 2.75. The molecule has 1 saturated heterocycles. The Hall–Kier alpha value is -2.20. The Kier molecular flexibility index (Phi) is 6.27. The third-order valence-corrected chi connectivity index (χ3v) is 5.15. The van der Waals surface area contributed by atoms with Crippen molar-refractivity contribution in [3.8, 4) is 0 Å². The minimum Gasteiger partial charge on any atom is -0.351 e. The van der Waals surface area contributed by atoms with Crippen LogP contribution in [0.1, 0.15) is 37.8 Å². The van der Waals surface area contributed by atoms with Crippen molar-refractivity contribution in [1.29, 1.82) is 0 Å². The number of piperidine rings is 1. The number of rotatable bonds is 6. The number of nitrogens with one attached hydrogen (secondary N) is 1. The van der Waals surface area contributed by atoms with E-state index >= 15 is 0 Å². The number of hydrogen-bond donors (Lipinski definition) is 1. The van der Waals surface area contributed by atoms with Gasteiger partial charge in [0.05, 0.1) is 5.92 Å². The summed E-state index contributed by atoms with van der Waals surface area (Å²) >= 11 is 0. The van der Waals surface area contributed by atoms with Gasteiger partial charge >= 0.3 is 0 Å². The van der Waals surface area contributed by atoms with Crippen LogP contribution in [0.15, 0.2) is 54.6 Å². The summed E-state index contributed by atoms with van der Waals surface area (Å²) in [6.45, 7) is 6.66. The zero-order valence-electron chi connectivity index (χ0n) is 16.2. The summed E-state index contributed by atoms with van der Waals surface area (Å²) in [6, 6.07) is 16.9. The van der Waals surface area contributed by atoms with Gasteiger partial charge < -0.3 is 5.32 Å². The fourth-order valence-corrected chi connectivity index (χ4v) is 3.85. The van der Waals surface area contributed by atoms with E-state index in [2.05, 4.69) is 36.2 Å². The molecule has 0 aliphatic carbocycles. The van der Waals surface area contributed by atoms with E-state index in [1.807, 2.05) is 30.3 Å². The maximum absolute atomic E-state index is 13.1. The molecule has 0 saturated carbocycles. The quantitative estimate of drug-likeness (QED) is 0.830. The van der Waals surface area contributed by atoms with Gasteiger partial charge in [0.1, 0.15) is 5.82 Å². The number of hydrogen-bond acceptors (Lipinski definition) is 2. The van der Waals surface area contributed by atoms with Crippen LogP contribution in [0, 0.1) is 11.7 Å². The fourth-order valence-electron chi connectivity index (χ4n) is 3.85. The summed E-state index contributed by atoms with van der Waals surface area (Å²) in [7, 11) is 0. The molecule has 27 heavy (non-hydrogen) atoms. The van der Waals surface area contributed by atoms with Gasteiger partial charge in [-0.25, -0.2) is 4.39 Å². The molecule has 144 valence electrons. The van der Waals surface area contributed by atoms with E-state index < -0.39 is 0 Å². The van der Waals surface area contributed by atoms with Crippen molar-refractivity contribution in [1.82, 2.24) is 10.2 Å². The first kappa shape index (κ1) is 19.6. The second kappa shape index (κ2) is 8.66. The van der Waals surface area contributed by atoms with Gasteiger partial charge in [0.15, 0.2) is 0 Å². The Bertz CT molecular complexity index is 743. The lowest BCUT2D eigenvalue weighted by molar-refractivity contribution is -0.128. The maximum Gasteiger partial charge on any atom is 0.224 e. The summed E-state index contributed by atoms with van der Waals surface area (Å²) in [5.41, 5.74) is 2.03. The number of carbonyl (C=O) groups excluding carboxylic acids is 1. The van der Waals surface area contributed by atoms with Crippen molar-refractivity contribution in [2.24, 2.45) is 5.92 Å². The molecule has 0 aromatic heterocycles. The van der Waals surface area contributed by atoms with E-state index in [0.717, 1.165) is 44.5 Å². The molecule has 1 atom stereocenters. The Labute approximate surface area is 161 Å². The van der Waals surface area contributed by atoms with Gasteiger partial charge in [0, 0.05) is 18.6 Å². The first-order valence-corrected chi connectivity index (χ1v) is 9.74. The number of likely N-dealkylation sites (tertiary alicyclic amines) is 1. The number of carbonyl (C=O) groups is 1. The molecular weight excluding hydrogens is 339 g/mol. The van der Waals surface area contributed by atoms with E-state index in [9.17, 15) is 9.18 Å². The molecular formula is C23H29FN2O. The SMILES string of the molecule is CC(C)(Cc1ccccc1)NC(=O)[C@H]1CCCN(Cc2ccc(F)cc2)C1. The van der Waals surface area contributed by atoms with Crippen molar-refractivity contribution in [2.45, 2.75) is 45.2 Å². The van der Waals surface area contributed by atoms with Crippen LogP contribution >= 0.6 is 0 Å². The average Bonchev–Trinajstić information content (AvgIpc) is 2.64. The second-order valence-corrected chi connectivity index (χ2v) is 8.24. The number of nitrogens with zero attached hydrogens (tertiary/aromatic N) is 1. The predicted octanol–water partition coefficient (Wildman–Crippen LogP) is 4.18. The van der Waals surface area contributed by atoms with Crippen LogP contribution in [-0.4, -0.2) is 29.4 Å². The highest BCUT2D eigenvalue weighted by Crippen LogP contribution is 2.21. The molecule has 1 amide bonds. The summed E-state index contributed by atoms with van der Waals surface area (Å²) in [5.74, 6) is -0.0655. The van der Waals surface area contributed by atoms with Crippen LogP contribution in [0.2, 0.25) is 0 Å². The topological polar surface area (TPSA) is 32.3 Å². The molecule has 0 bridgehead atoms. The lowest BCUT2D eigenvalue weighted by atomic mass is 9.91. The molecule has 0 unspecified atom stereocenters. The average molecular weight is 368 g/mol. The Morgan fingerprint density at radius 1 is 1.11 bits per heavy atom. The Morgan fingerprint density at radius 2 is 1.81 bits per heavy atom. The van der Waals surface area contributed by atoms with Gasteiger partial charge in [0.2, 0.25) is 5.91 Å². The highest BCUT2D eigenvalue weighted by Gasteiger charge is 2.29. The normalized spacial score (nSPS) is 18.3. The lowest BCUT2D eigenvalue weighted by Gasteiger charge is -2.35. The van der Waals surface area contributed by atoms with E-state index in [0.29, 0.717) is 0 Å². The van der Waals surface area contributed by atoms with Gasteiger partial charge in [-0.05, 0) is 62.9 Å². The van der Waals surface area contributed by atoms with Crippen LogP contribution in [0.4, 0.5) is 4.39 Å². The van der Waals surface area contributed by atoms with Crippen LogP contribution in [0.25, 0.3) is 0 Å².